The number of carbonyl (C=O) groups excluding carboxylic acids is 1. The van der Waals surface area contributed by atoms with Crippen molar-refractivity contribution in [3.05, 3.63) is 35.6 Å². The van der Waals surface area contributed by atoms with Crippen LogP contribution in [0.1, 0.15) is 43.8 Å². The van der Waals surface area contributed by atoms with E-state index >= 15 is 0 Å². The molecule has 1 aliphatic rings. The Bertz CT molecular complexity index is 917. The molecule has 8 nitrogen and oxygen atoms in total. The summed E-state index contributed by atoms with van der Waals surface area (Å²) in [5.41, 5.74) is 0.490. The van der Waals surface area contributed by atoms with Crippen LogP contribution in [0.25, 0.3) is 0 Å². The number of hydrogen-bond donors (Lipinski definition) is 0. The highest BCUT2D eigenvalue weighted by Gasteiger charge is 2.30. The van der Waals surface area contributed by atoms with Crippen molar-refractivity contribution >= 4 is 27.3 Å². The van der Waals surface area contributed by atoms with E-state index in [0.29, 0.717) is 25.2 Å². The molecule has 0 spiro atoms. The molecule has 0 aliphatic carbocycles. The van der Waals surface area contributed by atoms with Crippen LogP contribution in [-0.2, 0) is 14.6 Å². The molecule has 3 rings (SSSR count). The fourth-order valence-electron chi connectivity index (χ4n) is 3.38. The first-order valence-corrected chi connectivity index (χ1v) is 11.0. The molecular formula is C17H22ClN5O3S. The van der Waals surface area contributed by atoms with Crippen LogP contribution in [0.5, 0.6) is 0 Å². The quantitative estimate of drug-likeness (QED) is 0.747. The Morgan fingerprint density at radius 1 is 1.44 bits per heavy atom. The highest BCUT2D eigenvalue weighted by atomic mass is 35.5. The number of rotatable bonds is 5. The van der Waals surface area contributed by atoms with E-state index in [2.05, 4.69) is 15.1 Å². The highest BCUT2D eigenvalue weighted by molar-refractivity contribution is 7.90. The molecule has 1 saturated heterocycles. The van der Waals surface area contributed by atoms with Gasteiger partial charge in [-0.25, -0.2) is 18.1 Å². The van der Waals surface area contributed by atoms with Crippen molar-refractivity contribution in [2.45, 2.75) is 43.0 Å². The Morgan fingerprint density at radius 3 is 2.89 bits per heavy atom. The van der Waals surface area contributed by atoms with Gasteiger partial charge in [0.05, 0.1) is 21.7 Å². The maximum absolute atomic E-state index is 12.7. The summed E-state index contributed by atoms with van der Waals surface area (Å²) in [6.45, 7) is 3.01. The van der Waals surface area contributed by atoms with Crippen molar-refractivity contribution in [3.63, 3.8) is 0 Å². The first-order chi connectivity index (χ1) is 12.8. The van der Waals surface area contributed by atoms with Gasteiger partial charge >= 0.3 is 0 Å². The van der Waals surface area contributed by atoms with E-state index < -0.39 is 9.84 Å². The van der Waals surface area contributed by atoms with Crippen molar-refractivity contribution in [3.8, 4) is 0 Å². The van der Waals surface area contributed by atoms with Crippen molar-refractivity contribution < 1.29 is 13.2 Å². The fourth-order valence-corrected chi connectivity index (χ4v) is 4.54. The second-order valence-electron chi connectivity index (χ2n) is 6.92. The maximum Gasteiger partial charge on any atom is 0.224 e. The SMILES string of the molecule is C[C@@H](CC(=O)N1CCC[C@@H](c2ncc(Cl)cc2S(C)(=O)=O)C1)n1cncn1. The number of nitrogens with zero attached hydrogens (tertiary/aromatic N) is 5. The summed E-state index contributed by atoms with van der Waals surface area (Å²) >= 11 is 5.94. The van der Waals surface area contributed by atoms with E-state index in [0.717, 1.165) is 19.1 Å². The molecular weight excluding hydrogens is 390 g/mol. The second kappa shape index (κ2) is 7.93. The molecule has 2 aromatic heterocycles. The van der Waals surface area contributed by atoms with Crippen LogP contribution in [0.2, 0.25) is 5.02 Å². The van der Waals surface area contributed by atoms with Gasteiger partial charge in [0.2, 0.25) is 5.91 Å². The molecule has 1 amide bonds. The van der Waals surface area contributed by atoms with Crippen LogP contribution in [0.3, 0.4) is 0 Å². The number of aromatic nitrogens is 4. The summed E-state index contributed by atoms with van der Waals surface area (Å²) in [5.74, 6) is -0.121. The zero-order valence-electron chi connectivity index (χ0n) is 15.2. The van der Waals surface area contributed by atoms with E-state index in [-0.39, 0.29) is 27.8 Å². The smallest absolute Gasteiger partial charge is 0.224 e. The van der Waals surface area contributed by atoms with Crippen molar-refractivity contribution in [2.75, 3.05) is 19.3 Å². The van der Waals surface area contributed by atoms with Crippen molar-refractivity contribution in [1.82, 2.24) is 24.6 Å². The number of amides is 1. The molecule has 146 valence electrons. The number of pyridine rings is 1. The molecule has 1 fully saturated rings. The number of hydrogen-bond acceptors (Lipinski definition) is 6. The van der Waals surface area contributed by atoms with E-state index in [1.807, 2.05) is 6.92 Å². The summed E-state index contributed by atoms with van der Waals surface area (Å²) < 4.78 is 25.9. The predicted molar refractivity (Wildman–Crippen MR) is 100 cm³/mol. The minimum absolute atomic E-state index is 0.0116. The third kappa shape index (κ3) is 4.65. The van der Waals surface area contributed by atoms with E-state index in [1.54, 1.807) is 15.9 Å². The van der Waals surface area contributed by atoms with Crippen molar-refractivity contribution in [2.24, 2.45) is 0 Å². The largest absolute Gasteiger partial charge is 0.342 e. The summed E-state index contributed by atoms with van der Waals surface area (Å²) in [5, 5.41) is 4.35. The van der Waals surface area contributed by atoms with Crippen molar-refractivity contribution in [1.29, 1.82) is 0 Å². The highest BCUT2D eigenvalue weighted by Crippen LogP contribution is 2.32. The van der Waals surface area contributed by atoms with Gasteiger partial charge in [-0.2, -0.15) is 5.10 Å². The lowest BCUT2D eigenvalue weighted by molar-refractivity contribution is -0.133. The van der Waals surface area contributed by atoms with Gasteiger partial charge in [-0.05, 0) is 25.8 Å². The summed E-state index contributed by atoms with van der Waals surface area (Å²) in [7, 11) is -3.46. The Kier molecular flexibility index (Phi) is 5.81. The number of sulfone groups is 1. The lowest BCUT2D eigenvalue weighted by Crippen LogP contribution is -2.40. The summed E-state index contributed by atoms with van der Waals surface area (Å²) in [4.78, 5) is 22.8. The maximum atomic E-state index is 12.7. The Hall–Kier alpha value is -2.00. The molecule has 27 heavy (non-hydrogen) atoms. The Morgan fingerprint density at radius 2 is 2.22 bits per heavy atom. The molecule has 0 bridgehead atoms. The third-order valence-electron chi connectivity index (χ3n) is 4.77. The molecule has 0 saturated carbocycles. The summed E-state index contributed by atoms with van der Waals surface area (Å²) in [6.07, 6.45) is 7.52. The minimum atomic E-state index is -3.46. The molecule has 0 aromatic carbocycles. The van der Waals surface area contributed by atoms with E-state index in [9.17, 15) is 13.2 Å². The molecule has 10 heteroatoms. The molecule has 1 aliphatic heterocycles. The number of carbonyl (C=O) groups is 1. The average molecular weight is 412 g/mol. The Balaban J connectivity index is 1.76. The van der Waals surface area contributed by atoms with Gasteiger partial charge in [0.15, 0.2) is 9.84 Å². The van der Waals surface area contributed by atoms with Gasteiger partial charge < -0.3 is 4.90 Å². The minimum Gasteiger partial charge on any atom is -0.342 e. The molecule has 2 aromatic rings. The lowest BCUT2D eigenvalue weighted by Gasteiger charge is -2.33. The van der Waals surface area contributed by atoms with Gasteiger partial charge in [-0.15, -0.1) is 0 Å². The zero-order valence-corrected chi connectivity index (χ0v) is 16.8. The normalized spacial score (nSPS) is 19.1. The van der Waals surface area contributed by atoms with Gasteiger partial charge in [0.25, 0.3) is 0 Å². The van der Waals surface area contributed by atoms with E-state index in [1.165, 1.54) is 18.6 Å². The van der Waals surface area contributed by atoms with Crippen LogP contribution in [-0.4, -0.2) is 58.3 Å². The first-order valence-electron chi connectivity index (χ1n) is 8.73. The van der Waals surface area contributed by atoms with E-state index in [4.69, 9.17) is 11.6 Å². The number of likely N-dealkylation sites (tertiary alicyclic amines) is 1. The standard InChI is InChI=1S/C17H22ClN5O3S/c1-12(23-11-19-10-21-23)6-16(24)22-5-3-4-13(9-22)17-15(27(2,25)26)7-14(18)8-20-17/h7-8,10-13H,3-6,9H2,1-2H3/t12-,13+/m0/s1. The van der Waals surface area contributed by atoms with Crippen LogP contribution in [0.15, 0.2) is 29.8 Å². The Labute approximate surface area is 163 Å². The fraction of sp³-hybridized carbons (Fsp3) is 0.529. The molecule has 0 N–H and O–H groups in total. The molecule has 2 atom stereocenters. The average Bonchev–Trinajstić information content (AvgIpc) is 3.16. The molecule has 3 heterocycles. The number of piperidine rings is 1. The number of halogens is 1. The van der Waals surface area contributed by atoms with Crippen LogP contribution in [0.4, 0.5) is 0 Å². The molecule has 0 radical (unpaired) electrons. The topological polar surface area (TPSA) is 98.1 Å². The monoisotopic (exact) mass is 411 g/mol. The van der Waals surface area contributed by atoms with Crippen LogP contribution in [0, 0.1) is 0 Å². The third-order valence-corrected chi connectivity index (χ3v) is 6.10. The van der Waals surface area contributed by atoms with Crippen LogP contribution < -0.4 is 0 Å². The zero-order chi connectivity index (χ0) is 19.6. The second-order valence-corrected chi connectivity index (χ2v) is 9.34. The predicted octanol–water partition coefficient (Wildman–Crippen LogP) is 2.09. The molecule has 0 unspecified atom stereocenters. The van der Waals surface area contributed by atoms with Gasteiger partial charge in [0.1, 0.15) is 12.7 Å². The van der Waals surface area contributed by atoms with Gasteiger partial charge in [-0.3, -0.25) is 9.78 Å². The van der Waals surface area contributed by atoms with Crippen LogP contribution >= 0.6 is 11.6 Å². The lowest BCUT2D eigenvalue weighted by atomic mass is 9.93. The van der Waals surface area contributed by atoms with Gasteiger partial charge in [0, 0.05) is 37.9 Å². The first kappa shape index (κ1) is 19.8. The summed E-state index contributed by atoms with van der Waals surface area (Å²) in [6, 6.07) is 1.34. The van der Waals surface area contributed by atoms with Gasteiger partial charge in [-0.1, -0.05) is 11.6 Å².